The molecule has 5 rings (SSSR count). The summed E-state index contributed by atoms with van der Waals surface area (Å²) in [5.41, 5.74) is 4.47. The first-order valence-electron chi connectivity index (χ1n) is 13.9. The Balaban J connectivity index is 1.49. The fraction of sp³-hybridized carbons (Fsp3) is 0.677. The van der Waals surface area contributed by atoms with Crippen LogP contribution in [-0.4, -0.2) is 41.7 Å². The molecule has 0 saturated heterocycles. The zero-order valence-corrected chi connectivity index (χ0v) is 23.5. The second kappa shape index (κ2) is 8.72. The second-order valence-corrected chi connectivity index (χ2v) is 12.8. The lowest BCUT2D eigenvalue weighted by Crippen LogP contribution is -2.58. The standard InChI is InChI=1S/C31H45N3O2/c1-9-27(33-34(7)8)31(6)19(2)14-25-24-11-10-21-16-22(32-23-15-20(3)36-18-23)12-13-29(21,4)28(24)26(35)17-30(25,31)5/h12-13,15-16,18-19,24-26,28,35H,9-11,14,17H2,1-8H3/t19-,24+,25+,26+,28-,29+,30+,31-/m1/s1. The normalized spacial score (nSPS) is 43.1. The SMILES string of the molecule is CCC(=NN(C)C)[C@@]1(C)[C@H](C)C[C@H]2[C@@H]3CCC4=CC(=Nc5coc(C)c5)C=C[C@]4(C)[C@H]3[C@@H](O)C[C@@]21C. The molecule has 3 fully saturated rings. The van der Waals surface area contributed by atoms with Crippen molar-refractivity contribution in [3.05, 3.63) is 41.9 Å². The molecule has 1 N–H and O–H groups in total. The van der Waals surface area contributed by atoms with Gasteiger partial charge < -0.3 is 14.5 Å². The molecule has 0 unspecified atom stereocenters. The van der Waals surface area contributed by atoms with Crippen LogP contribution in [0.4, 0.5) is 5.69 Å². The highest BCUT2D eigenvalue weighted by atomic mass is 16.3. The Hall–Kier alpha value is -2.14. The van der Waals surface area contributed by atoms with Crippen molar-refractivity contribution in [1.82, 2.24) is 5.01 Å². The largest absolute Gasteiger partial charge is 0.467 e. The molecule has 196 valence electrons. The predicted octanol–water partition coefficient (Wildman–Crippen LogP) is 6.95. The first kappa shape index (κ1) is 25.5. The number of fused-ring (bicyclic) bond motifs is 5. The molecule has 0 bridgehead atoms. The number of hydrogen-bond donors (Lipinski definition) is 1. The summed E-state index contributed by atoms with van der Waals surface area (Å²) in [5.74, 6) is 2.78. The zero-order valence-electron chi connectivity index (χ0n) is 23.5. The van der Waals surface area contributed by atoms with E-state index in [4.69, 9.17) is 14.5 Å². The van der Waals surface area contributed by atoms with Gasteiger partial charge in [-0.25, -0.2) is 4.99 Å². The summed E-state index contributed by atoms with van der Waals surface area (Å²) in [6.45, 7) is 13.9. The molecule has 1 heterocycles. The lowest BCUT2D eigenvalue weighted by molar-refractivity contribution is -0.122. The Labute approximate surface area is 217 Å². The van der Waals surface area contributed by atoms with E-state index < -0.39 is 0 Å². The van der Waals surface area contributed by atoms with Crippen LogP contribution in [-0.2, 0) is 0 Å². The minimum absolute atomic E-state index is 0.00931. The van der Waals surface area contributed by atoms with E-state index in [0.29, 0.717) is 17.8 Å². The van der Waals surface area contributed by atoms with E-state index in [1.165, 1.54) is 17.7 Å². The summed E-state index contributed by atoms with van der Waals surface area (Å²) in [5, 5.41) is 18.9. The van der Waals surface area contributed by atoms with Gasteiger partial charge in [0.15, 0.2) is 0 Å². The molecule has 0 spiro atoms. The number of hydrogen-bond acceptors (Lipinski definition) is 5. The van der Waals surface area contributed by atoms with Gasteiger partial charge in [-0.2, -0.15) is 5.10 Å². The third-order valence-corrected chi connectivity index (χ3v) is 10.9. The van der Waals surface area contributed by atoms with Gasteiger partial charge in [0.05, 0.1) is 11.8 Å². The van der Waals surface area contributed by atoms with Crippen molar-refractivity contribution in [3.8, 4) is 0 Å². The Bertz CT molecular complexity index is 1140. The molecule has 4 aliphatic rings. The van der Waals surface area contributed by atoms with Crippen molar-refractivity contribution in [2.75, 3.05) is 14.1 Å². The minimum atomic E-state index is -0.327. The van der Waals surface area contributed by atoms with Crippen LogP contribution in [0.2, 0.25) is 0 Å². The minimum Gasteiger partial charge on any atom is -0.467 e. The van der Waals surface area contributed by atoms with Crippen LogP contribution in [0, 0.1) is 46.8 Å². The maximum Gasteiger partial charge on any atom is 0.116 e. The number of rotatable bonds is 4. The fourth-order valence-electron chi connectivity index (χ4n) is 9.00. The molecule has 4 aliphatic carbocycles. The van der Waals surface area contributed by atoms with Crippen LogP contribution in [0.3, 0.4) is 0 Å². The lowest BCUT2D eigenvalue weighted by atomic mass is 9.44. The molecule has 36 heavy (non-hydrogen) atoms. The van der Waals surface area contributed by atoms with E-state index in [0.717, 1.165) is 42.8 Å². The van der Waals surface area contributed by atoms with Crippen molar-refractivity contribution < 1.29 is 9.52 Å². The maximum absolute atomic E-state index is 11.9. The molecule has 1 aromatic rings. The van der Waals surface area contributed by atoms with Crippen molar-refractivity contribution in [1.29, 1.82) is 0 Å². The summed E-state index contributed by atoms with van der Waals surface area (Å²) < 4.78 is 5.44. The Morgan fingerprint density at radius 1 is 1.25 bits per heavy atom. The van der Waals surface area contributed by atoms with Crippen LogP contribution in [0.25, 0.3) is 0 Å². The quantitative estimate of drug-likeness (QED) is 0.366. The first-order valence-corrected chi connectivity index (χ1v) is 13.9. The Morgan fingerprint density at radius 2 is 2.00 bits per heavy atom. The highest BCUT2D eigenvalue weighted by molar-refractivity contribution is 6.07. The summed E-state index contributed by atoms with van der Waals surface area (Å²) in [6, 6.07) is 1.97. The van der Waals surface area contributed by atoms with Gasteiger partial charge >= 0.3 is 0 Å². The van der Waals surface area contributed by atoms with Gasteiger partial charge in [0.1, 0.15) is 17.7 Å². The van der Waals surface area contributed by atoms with Crippen LogP contribution >= 0.6 is 0 Å². The van der Waals surface area contributed by atoms with Crippen molar-refractivity contribution in [2.45, 2.75) is 79.8 Å². The molecular formula is C31H45N3O2. The van der Waals surface area contributed by atoms with Gasteiger partial charge in [-0.3, -0.25) is 0 Å². The maximum atomic E-state index is 11.9. The van der Waals surface area contributed by atoms with Gasteiger partial charge in [0, 0.05) is 42.6 Å². The van der Waals surface area contributed by atoms with Gasteiger partial charge in [-0.1, -0.05) is 46.3 Å². The predicted molar refractivity (Wildman–Crippen MR) is 148 cm³/mol. The molecule has 0 radical (unpaired) electrons. The van der Waals surface area contributed by atoms with E-state index in [-0.39, 0.29) is 28.3 Å². The van der Waals surface area contributed by atoms with Crippen molar-refractivity contribution in [3.63, 3.8) is 0 Å². The van der Waals surface area contributed by atoms with Gasteiger partial charge in [0.2, 0.25) is 0 Å². The number of aryl methyl sites for hydroxylation is 1. The number of nitrogens with zero attached hydrogens (tertiary/aromatic N) is 3. The van der Waals surface area contributed by atoms with Gasteiger partial charge in [-0.15, -0.1) is 0 Å². The summed E-state index contributed by atoms with van der Waals surface area (Å²) in [4.78, 5) is 4.81. The number of aliphatic imine (C=N–C) groups is 1. The van der Waals surface area contributed by atoms with Crippen LogP contribution in [0.1, 0.15) is 72.5 Å². The summed E-state index contributed by atoms with van der Waals surface area (Å²) in [7, 11) is 4.06. The Morgan fingerprint density at radius 3 is 2.64 bits per heavy atom. The summed E-state index contributed by atoms with van der Waals surface area (Å²) in [6.07, 6.45) is 13.4. The van der Waals surface area contributed by atoms with E-state index in [2.05, 4.69) is 52.8 Å². The van der Waals surface area contributed by atoms with Gasteiger partial charge in [0.25, 0.3) is 0 Å². The van der Waals surface area contributed by atoms with E-state index >= 15 is 0 Å². The number of allylic oxidation sites excluding steroid dienone is 4. The second-order valence-electron chi connectivity index (χ2n) is 12.8. The molecule has 5 nitrogen and oxygen atoms in total. The van der Waals surface area contributed by atoms with Crippen molar-refractivity contribution >= 4 is 17.1 Å². The topological polar surface area (TPSA) is 61.3 Å². The Kier molecular flexibility index (Phi) is 6.18. The number of aliphatic hydroxyl groups excluding tert-OH is 1. The summed E-state index contributed by atoms with van der Waals surface area (Å²) >= 11 is 0. The fourth-order valence-corrected chi connectivity index (χ4v) is 9.00. The smallest absolute Gasteiger partial charge is 0.116 e. The van der Waals surface area contributed by atoms with E-state index in [1.54, 1.807) is 6.26 Å². The first-order chi connectivity index (χ1) is 16.9. The molecule has 1 aromatic heterocycles. The number of hydrazone groups is 1. The molecular weight excluding hydrogens is 446 g/mol. The number of furan rings is 1. The molecule has 3 saturated carbocycles. The van der Waals surface area contributed by atoms with E-state index in [9.17, 15) is 5.11 Å². The van der Waals surface area contributed by atoms with Crippen molar-refractivity contribution in [2.24, 2.45) is 50.0 Å². The zero-order chi connectivity index (χ0) is 26.0. The average molecular weight is 492 g/mol. The van der Waals surface area contributed by atoms with Gasteiger partial charge in [-0.05, 0) is 74.3 Å². The van der Waals surface area contributed by atoms with Crippen LogP contribution in [0.15, 0.2) is 50.6 Å². The highest BCUT2D eigenvalue weighted by Crippen LogP contribution is 2.71. The molecule has 0 aliphatic heterocycles. The monoisotopic (exact) mass is 491 g/mol. The molecule has 0 amide bonds. The lowest BCUT2D eigenvalue weighted by Gasteiger charge is -2.60. The molecule has 8 atom stereocenters. The molecule has 5 heteroatoms. The van der Waals surface area contributed by atoms with E-state index in [1.807, 2.05) is 32.1 Å². The third-order valence-electron chi connectivity index (χ3n) is 10.9. The average Bonchev–Trinajstić information content (AvgIpc) is 3.31. The highest BCUT2D eigenvalue weighted by Gasteiger charge is 2.67. The third kappa shape index (κ3) is 3.60. The van der Waals surface area contributed by atoms with Crippen LogP contribution < -0.4 is 0 Å². The molecule has 0 aromatic carbocycles. The van der Waals surface area contributed by atoms with Crippen LogP contribution in [0.5, 0.6) is 0 Å². The number of aliphatic hydroxyl groups is 1.